The van der Waals surface area contributed by atoms with Gasteiger partial charge in [-0.15, -0.1) is 0 Å². The summed E-state index contributed by atoms with van der Waals surface area (Å²) in [6, 6.07) is 0. The van der Waals surface area contributed by atoms with E-state index in [4.69, 9.17) is 5.41 Å². The molecule has 0 aliphatic heterocycles. The van der Waals surface area contributed by atoms with E-state index in [2.05, 4.69) is 4.99 Å². The molecule has 0 aliphatic carbocycles. The maximum absolute atomic E-state index is 9.74. The van der Waals surface area contributed by atoms with Crippen LogP contribution in [0.1, 0.15) is 27.7 Å². The summed E-state index contributed by atoms with van der Waals surface area (Å²) in [4.78, 5) is 3.92. The molecular weight excluding hydrogens is 228 g/mol. The second kappa shape index (κ2) is 8.06. The lowest BCUT2D eigenvalue weighted by Crippen LogP contribution is -1.93. The minimum absolute atomic E-state index is 0.0871. The average Bonchev–Trinajstić information content (AvgIpc) is 2.35. The van der Waals surface area contributed by atoms with Crippen LogP contribution in [0, 0.1) is 5.41 Å². The molecule has 18 heavy (non-hydrogen) atoms. The fourth-order valence-corrected chi connectivity index (χ4v) is 1.13. The van der Waals surface area contributed by atoms with E-state index in [-0.39, 0.29) is 11.5 Å². The van der Waals surface area contributed by atoms with E-state index >= 15 is 0 Å². The standard InChI is InChI=1S/C14H20N2O2/c1-5-11(7-15)13(17)9-16-8-12(6-2)14(18)10(3)4/h5-9,15,17-18H,1-4H3/b11-5-,12-6-,13-9?,15-7?,16-8?. The second-order valence-corrected chi connectivity index (χ2v) is 3.77. The summed E-state index contributed by atoms with van der Waals surface area (Å²) >= 11 is 0. The fourth-order valence-electron chi connectivity index (χ4n) is 1.13. The van der Waals surface area contributed by atoms with Gasteiger partial charge in [0.1, 0.15) is 11.5 Å². The predicted octanol–water partition coefficient (Wildman–Crippen LogP) is 3.85. The van der Waals surface area contributed by atoms with Crippen molar-refractivity contribution in [3.05, 3.63) is 46.6 Å². The Hall–Kier alpha value is -2.10. The van der Waals surface area contributed by atoms with Crippen LogP contribution in [0.15, 0.2) is 51.6 Å². The maximum Gasteiger partial charge on any atom is 0.142 e. The molecule has 0 unspecified atom stereocenters. The van der Waals surface area contributed by atoms with Crippen molar-refractivity contribution in [2.75, 3.05) is 0 Å². The number of aliphatic hydroxyl groups excluding tert-OH is 2. The topological polar surface area (TPSA) is 76.7 Å². The second-order valence-electron chi connectivity index (χ2n) is 3.77. The third-order valence-corrected chi connectivity index (χ3v) is 2.23. The van der Waals surface area contributed by atoms with E-state index < -0.39 is 0 Å². The van der Waals surface area contributed by atoms with Crippen molar-refractivity contribution in [2.24, 2.45) is 4.99 Å². The quantitative estimate of drug-likeness (QED) is 0.392. The molecule has 4 nitrogen and oxygen atoms in total. The third-order valence-electron chi connectivity index (χ3n) is 2.23. The van der Waals surface area contributed by atoms with E-state index in [1.54, 1.807) is 39.8 Å². The van der Waals surface area contributed by atoms with Gasteiger partial charge in [-0.1, -0.05) is 12.2 Å². The molecule has 98 valence electrons. The van der Waals surface area contributed by atoms with E-state index in [1.165, 1.54) is 12.4 Å². The van der Waals surface area contributed by atoms with Gasteiger partial charge >= 0.3 is 0 Å². The summed E-state index contributed by atoms with van der Waals surface area (Å²) in [5.74, 6) is 0.0864. The Balaban J connectivity index is 5.03. The van der Waals surface area contributed by atoms with Gasteiger partial charge in [-0.2, -0.15) is 0 Å². The summed E-state index contributed by atoms with van der Waals surface area (Å²) in [6.07, 6.45) is 7.08. The number of aliphatic hydroxyl groups is 2. The Morgan fingerprint density at radius 2 is 1.61 bits per heavy atom. The van der Waals surface area contributed by atoms with Gasteiger partial charge in [0.05, 0.1) is 6.20 Å². The Morgan fingerprint density at radius 1 is 1.06 bits per heavy atom. The number of hydrogen-bond acceptors (Lipinski definition) is 4. The molecule has 4 heteroatoms. The van der Waals surface area contributed by atoms with Crippen molar-refractivity contribution < 1.29 is 10.2 Å². The molecule has 0 aromatic heterocycles. The molecule has 0 fully saturated rings. The van der Waals surface area contributed by atoms with Crippen LogP contribution in [-0.4, -0.2) is 22.6 Å². The van der Waals surface area contributed by atoms with Crippen LogP contribution in [0.3, 0.4) is 0 Å². The molecule has 0 heterocycles. The first-order valence-electron chi connectivity index (χ1n) is 5.60. The van der Waals surface area contributed by atoms with Crippen LogP contribution in [0.25, 0.3) is 0 Å². The van der Waals surface area contributed by atoms with Crippen molar-refractivity contribution in [1.29, 1.82) is 5.41 Å². The van der Waals surface area contributed by atoms with Crippen molar-refractivity contribution in [3.63, 3.8) is 0 Å². The predicted molar refractivity (Wildman–Crippen MR) is 76.5 cm³/mol. The van der Waals surface area contributed by atoms with Crippen molar-refractivity contribution in [1.82, 2.24) is 0 Å². The zero-order valence-electron chi connectivity index (χ0n) is 11.2. The lowest BCUT2D eigenvalue weighted by Gasteiger charge is -2.01. The molecule has 0 amide bonds. The van der Waals surface area contributed by atoms with E-state index in [0.29, 0.717) is 11.1 Å². The van der Waals surface area contributed by atoms with Crippen LogP contribution >= 0.6 is 0 Å². The molecule has 0 saturated carbocycles. The Labute approximate surface area is 108 Å². The number of nitrogens with one attached hydrogen (secondary N) is 1. The van der Waals surface area contributed by atoms with Crippen molar-refractivity contribution in [3.8, 4) is 0 Å². The van der Waals surface area contributed by atoms with Gasteiger partial charge in [0.25, 0.3) is 0 Å². The van der Waals surface area contributed by atoms with Gasteiger partial charge in [0.15, 0.2) is 0 Å². The Kier molecular flexibility index (Phi) is 7.12. The highest BCUT2D eigenvalue weighted by Gasteiger charge is 2.01. The molecule has 0 radical (unpaired) electrons. The summed E-state index contributed by atoms with van der Waals surface area (Å²) in [6.45, 7) is 7.11. The number of allylic oxidation sites excluding steroid dienone is 5. The monoisotopic (exact) mass is 248 g/mol. The SMILES string of the molecule is C/C=C(/C=N)C(O)=CN=C/C(=C/C)C(O)=C(C)C. The van der Waals surface area contributed by atoms with Crippen LogP contribution in [-0.2, 0) is 0 Å². The normalized spacial score (nSPS) is 13.9. The summed E-state index contributed by atoms with van der Waals surface area (Å²) in [5.41, 5.74) is 1.76. The number of hydrogen-bond donors (Lipinski definition) is 3. The van der Waals surface area contributed by atoms with E-state index in [1.807, 2.05) is 0 Å². The molecule has 0 aromatic carbocycles. The van der Waals surface area contributed by atoms with Gasteiger partial charge in [-0.3, -0.25) is 4.99 Å². The highest BCUT2D eigenvalue weighted by molar-refractivity contribution is 5.85. The summed E-state index contributed by atoms with van der Waals surface area (Å²) in [5, 5.41) is 26.4. The zero-order valence-corrected chi connectivity index (χ0v) is 11.2. The third kappa shape index (κ3) is 4.82. The van der Waals surface area contributed by atoms with Gasteiger partial charge < -0.3 is 15.6 Å². The van der Waals surface area contributed by atoms with Crippen LogP contribution in [0.5, 0.6) is 0 Å². The summed E-state index contributed by atoms with van der Waals surface area (Å²) in [7, 11) is 0. The molecule has 0 saturated heterocycles. The first kappa shape index (κ1) is 15.9. The highest BCUT2D eigenvalue weighted by atomic mass is 16.3. The van der Waals surface area contributed by atoms with Gasteiger partial charge in [0.2, 0.25) is 0 Å². The highest BCUT2D eigenvalue weighted by Crippen LogP contribution is 2.10. The smallest absolute Gasteiger partial charge is 0.142 e. The minimum atomic E-state index is -0.0871. The molecule has 0 bridgehead atoms. The van der Waals surface area contributed by atoms with Gasteiger partial charge in [-0.25, -0.2) is 0 Å². The van der Waals surface area contributed by atoms with Crippen LogP contribution in [0.2, 0.25) is 0 Å². The molecular formula is C14H20N2O2. The van der Waals surface area contributed by atoms with Crippen LogP contribution < -0.4 is 0 Å². The summed E-state index contributed by atoms with van der Waals surface area (Å²) < 4.78 is 0. The molecule has 0 aromatic rings. The van der Waals surface area contributed by atoms with Crippen LogP contribution in [0.4, 0.5) is 0 Å². The first-order chi connectivity index (χ1) is 8.47. The Morgan fingerprint density at radius 3 is 2.00 bits per heavy atom. The lowest BCUT2D eigenvalue weighted by atomic mass is 10.1. The number of rotatable bonds is 5. The molecule has 0 spiro atoms. The minimum Gasteiger partial charge on any atom is -0.507 e. The molecule has 0 atom stereocenters. The van der Waals surface area contributed by atoms with Crippen molar-refractivity contribution in [2.45, 2.75) is 27.7 Å². The maximum atomic E-state index is 9.74. The fraction of sp³-hybridized carbons (Fsp3) is 0.286. The van der Waals surface area contributed by atoms with Crippen molar-refractivity contribution >= 4 is 12.4 Å². The molecule has 0 rings (SSSR count). The zero-order chi connectivity index (χ0) is 14.1. The molecule has 0 aliphatic rings. The van der Waals surface area contributed by atoms with E-state index in [0.717, 1.165) is 11.8 Å². The lowest BCUT2D eigenvalue weighted by molar-refractivity contribution is 0.421. The molecule has 3 N–H and O–H groups in total. The number of nitrogens with zero attached hydrogens (tertiary/aromatic N) is 1. The van der Waals surface area contributed by atoms with Gasteiger partial charge in [-0.05, 0) is 33.3 Å². The number of aliphatic imine (C=N–C) groups is 1. The van der Waals surface area contributed by atoms with E-state index in [9.17, 15) is 10.2 Å². The Bertz CT molecular complexity index is 448. The largest absolute Gasteiger partial charge is 0.507 e. The van der Waals surface area contributed by atoms with Gasteiger partial charge in [0, 0.05) is 23.6 Å². The first-order valence-corrected chi connectivity index (χ1v) is 5.60. The average molecular weight is 248 g/mol.